The van der Waals surface area contributed by atoms with Crippen molar-refractivity contribution in [3.8, 4) is 11.1 Å². The zero-order valence-corrected chi connectivity index (χ0v) is 21.9. The minimum Gasteiger partial charge on any atom is -0.463 e. The summed E-state index contributed by atoms with van der Waals surface area (Å²) in [6.07, 6.45) is 0.761. The van der Waals surface area contributed by atoms with Gasteiger partial charge in [-0.3, -0.25) is 4.79 Å². The molecule has 3 aromatic rings. The molecule has 0 aliphatic carbocycles. The van der Waals surface area contributed by atoms with E-state index in [-0.39, 0.29) is 51.1 Å². The van der Waals surface area contributed by atoms with Crippen LogP contribution in [0.4, 0.5) is 4.39 Å². The predicted molar refractivity (Wildman–Crippen MR) is 143 cm³/mol. The topological polar surface area (TPSA) is 133 Å². The fourth-order valence-corrected chi connectivity index (χ4v) is 4.30. The zero-order valence-electron chi connectivity index (χ0n) is 21.9. The Balaban J connectivity index is 1.64. The van der Waals surface area contributed by atoms with Gasteiger partial charge in [-0.05, 0) is 43.7 Å². The number of benzene rings is 2. The monoisotopic (exact) mass is 544 g/mol. The van der Waals surface area contributed by atoms with Crippen LogP contribution in [-0.2, 0) is 19.1 Å². The average Bonchev–Trinajstić information content (AvgIpc) is 3.21. The Bertz CT molecular complexity index is 1270. The lowest BCUT2D eigenvalue weighted by atomic mass is 10.0. The number of para-hydroxylation sites is 1. The van der Waals surface area contributed by atoms with Crippen LogP contribution in [0.3, 0.4) is 0 Å². The molecule has 0 radical (unpaired) electrons. The van der Waals surface area contributed by atoms with Crippen LogP contribution in [0.25, 0.3) is 28.1 Å². The van der Waals surface area contributed by atoms with Crippen molar-refractivity contribution >= 4 is 22.9 Å². The molecule has 0 amide bonds. The summed E-state index contributed by atoms with van der Waals surface area (Å²) >= 11 is 0. The smallest absolute Gasteiger partial charge is 0.308 e. The molecule has 2 aromatic carbocycles. The molecule has 2 N–H and O–H groups in total. The molecule has 0 unspecified atom stereocenters. The van der Waals surface area contributed by atoms with Crippen LogP contribution in [0, 0.1) is 15.9 Å². The molecule has 39 heavy (non-hydrogen) atoms. The normalized spacial score (nSPS) is 13.2. The van der Waals surface area contributed by atoms with Crippen molar-refractivity contribution < 1.29 is 38.8 Å². The van der Waals surface area contributed by atoms with Crippen LogP contribution in [0.2, 0.25) is 0 Å². The van der Waals surface area contributed by atoms with Gasteiger partial charge in [0.15, 0.2) is 0 Å². The Labute approximate surface area is 225 Å². The van der Waals surface area contributed by atoms with Gasteiger partial charge in [-0.2, -0.15) is 0 Å². The van der Waals surface area contributed by atoms with Crippen LogP contribution in [-0.4, -0.2) is 64.5 Å². The number of aromatic nitrogens is 1. The molecular formula is C28H33FN2O8. The van der Waals surface area contributed by atoms with Gasteiger partial charge in [-0.15, -0.1) is 10.1 Å². The quantitative estimate of drug-likeness (QED) is 0.125. The highest BCUT2D eigenvalue weighted by Crippen LogP contribution is 2.38. The molecule has 0 spiro atoms. The molecule has 0 aliphatic rings. The van der Waals surface area contributed by atoms with Crippen molar-refractivity contribution in [2.45, 2.75) is 44.9 Å². The van der Waals surface area contributed by atoms with E-state index in [4.69, 9.17) is 9.47 Å². The molecular weight excluding hydrogens is 511 g/mol. The molecule has 3 rings (SSSR count). The molecule has 0 aliphatic heterocycles. The summed E-state index contributed by atoms with van der Waals surface area (Å²) in [6.45, 7) is 3.78. The summed E-state index contributed by atoms with van der Waals surface area (Å²) in [4.78, 5) is 26.1. The summed E-state index contributed by atoms with van der Waals surface area (Å²) in [5, 5.41) is 31.0. The molecule has 0 saturated carbocycles. The third kappa shape index (κ3) is 8.60. The number of carbonyl (C=O) groups is 1. The zero-order chi connectivity index (χ0) is 28.4. The number of halogens is 1. The number of nitrogens with zero attached hydrogens (tertiary/aromatic N) is 2. The molecule has 1 aromatic heterocycles. The lowest BCUT2D eigenvalue weighted by molar-refractivity contribution is -0.758. The van der Waals surface area contributed by atoms with Crippen LogP contribution < -0.4 is 0 Å². The largest absolute Gasteiger partial charge is 0.463 e. The van der Waals surface area contributed by atoms with Gasteiger partial charge in [-0.1, -0.05) is 36.4 Å². The second kappa shape index (κ2) is 14.4. The number of hydrogen-bond donors (Lipinski definition) is 2. The van der Waals surface area contributed by atoms with E-state index in [0.29, 0.717) is 0 Å². The molecule has 10 nitrogen and oxygen atoms in total. The maximum atomic E-state index is 13.6. The van der Waals surface area contributed by atoms with Crippen LogP contribution >= 0.6 is 0 Å². The Morgan fingerprint density at radius 1 is 1.08 bits per heavy atom. The van der Waals surface area contributed by atoms with Crippen molar-refractivity contribution in [1.29, 1.82) is 0 Å². The molecule has 0 fully saturated rings. The highest BCUT2D eigenvalue weighted by atomic mass is 19.1. The van der Waals surface area contributed by atoms with E-state index >= 15 is 0 Å². The van der Waals surface area contributed by atoms with Crippen molar-refractivity contribution in [3.05, 3.63) is 76.2 Å². The molecule has 2 atom stereocenters. The van der Waals surface area contributed by atoms with E-state index in [9.17, 15) is 29.5 Å². The third-order valence-corrected chi connectivity index (χ3v) is 5.91. The first-order valence-corrected chi connectivity index (χ1v) is 12.6. The number of hydrogen-bond acceptors (Lipinski definition) is 8. The standard InChI is InChI=1S/C28H33FN2O8/c1-19(2)30-25-6-4-3-5-24(25)28(20-7-9-21(29)10-8-20)26(30)12-11-22(32)17-23(33)18-27(34)38-15-13-37-14-16-39-31(35)36/h3-12,19,22-23,32-33H,13-18H2,1-2H3/b12-11+/t22-,23-/m0/s1. The number of fused-ring (bicyclic) bond motifs is 1. The van der Waals surface area contributed by atoms with Crippen LogP contribution in [0.1, 0.15) is 38.4 Å². The van der Waals surface area contributed by atoms with E-state index < -0.39 is 23.3 Å². The number of aliphatic hydroxyl groups excluding tert-OH is 2. The highest BCUT2D eigenvalue weighted by Gasteiger charge is 2.20. The fourth-order valence-electron chi connectivity index (χ4n) is 4.30. The SMILES string of the molecule is CC(C)n1c(/C=C/[C@H](O)C[C@H](O)CC(=O)OCCOCCO[N+](=O)[O-])c(-c2ccc(F)cc2)c2ccccc21. The first-order valence-electron chi connectivity index (χ1n) is 12.6. The van der Waals surface area contributed by atoms with Crippen LogP contribution in [0.15, 0.2) is 54.6 Å². The lowest BCUT2D eigenvalue weighted by Crippen LogP contribution is -2.22. The third-order valence-electron chi connectivity index (χ3n) is 5.91. The first-order chi connectivity index (χ1) is 18.7. The van der Waals surface area contributed by atoms with Gasteiger partial charge in [0.1, 0.15) is 19.0 Å². The highest BCUT2D eigenvalue weighted by molar-refractivity contribution is 6.01. The van der Waals surface area contributed by atoms with Crippen molar-refractivity contribution in [1.82, 2.24) is 4.57 Å². The second-order valence-corrected chi connectivity index (χ2v) is 9.16. The van der Waals surface area contributed by atoms with Gasteiger partial charge in [-0.25, -0.2) is 4.39 Å². The van der Waals surface area contributed by atoms with Crippen molar-refractivity contribution in [3.63, 3.8) is 0 Å². The summed E-state index contributed by atoms with van der Waals surface area (Å²) in [6, 6.07) is 14.2. The number of aliphatic hydroxyl groups is 2. The van der Waals surface area contributed by atoms with Crippen molar-refractivity contribution in [2.75, 3.05) is 26.4 Å². The number of ether oxygens (including phenoxy) is 2. The molecule has 1 heterocycles. The summed E-state index contributed by atoms with van der Waals surface area (Å²) < 4.78 is 25.8. The van der Waals surface area contributed by atoms with Crippen LogP contribution in [0.5, 0.6) is 0 Å². The first kappa shape index (κ1) is 29.8. The van der Waals surface area contributed by atoms with Gasteiger partial charge in [0.2, 0.25) is 0 Å². The summed E-state index contributed by atoms with van der Waals surface area (Å²) in [7, 11) is 0. The van der Waals surface area contributed by atoms with E-state index in [1.807, 2.05) is 24.3 Å². The van der Waals surface area contributed by atoms with E-state index in [0.717, 1.165) is 27.7 Å². The van der Waals surface area contributed by atoms with E-state index in [1.165, 1.54) is 12.1 Å². The number of rotatable bonds is 15. The molecule has 11 heteroatoms. The summed E-state index contributed by atoms with van der Waals surface area (Å²) in [5.41, 5.74) is 3.56. The Hall–Kier alpha value is -3.80. The van der Waals surface area contributed by atoms with Gasteiger partial charge < -0.3 is 29.1 Å². The minimum atomic E-state index is -1.14. The maximum absolute atomic E-state index is 13.6. The fraction of sp³-hybridized carbons (Fsp3) is 0.393. The minimum absolute atomic E-state index is 0.0223. The molecule has 0 saturated heterocycles. The molecule has 0 bridgehead atoms. The van der Waals surface area contributed by atoms with Gasteiger partial charge >= 0.3 is 5.97 Å². The van der Waals surface area contributed by atoms with E-state index in [2.05, 4.69) is 23.3 Å². The Morgan fingerprint density at radius 3 is 2.46 bits per heavy atom. The predicted octanol–water partition coefficient (Wildman–Crippen LogP) is 4.31. The Morgan fingerprint density at radius 2 is 1.77 bits per heavy atom. The maximum Gasteiger partial charge on any atom is 0.308 e. The number of carbonyl (C=O) groups excluding carboxylic acids is 1. The Kier molecular flexibility index (Phi) is 11.0. The summed E-state index contributed by atoms with van der Waals surface area (Å²) in [5.74, 6) is -0.997. The van der Waals surface area contributed by atoms with Crippen molar-refractivity contribution in [2.24, 2.45) is 0 Å². The average molecular weight is 545 g/mol. The number of esters is 1. The van der Waals surface area contributed by atoms with Gasteiger partial charge in [0.05, 0.1) is 31.8 Å². The lowest BCUT2D eigenvalue weighted by Gasteiger charge is -2.15. The van der Waals surface area contributed by atoms with E-state index in [1.54, 1.807) is 24.3 Å². The van der Waals surface area contributed by atoms with Gasteiger partial charge in [0, 0.05) is 34.6 Å². The second-order valence-electron chi connectivity index (χ2n) is 9.16. The molecule has 210 valence electrons. The van der Waals surface area contributed by atoms with Gasteiger partial charge in [0.25, 0.3) is 5.09 Å².